The van der Waals surface area contributed by atoms with Crippen LogP contribution in [0.4, 0.5) is 0 Å². The summed E-state index contributed by atoms with van der Waals surface area (Å²) in [4.78, 5) is 13.1. The first-order valence-electron chi connectivity index (χ1n) is 5.50. The lowest BCUT2D eigenvalue weighted by atomic mass is 10.2. The Morgan fingerprint density at radius 3 is 2.81 bits per heavy atom. The maximum absolute atomic E-state index is 12.0. The molecule has 0 spiro atoms. The van der Waals surface area contributed by atoms with Crippen molar-refractivity contribution in [3.05, 3.63) is 9.81 Å². The topological polar surface area (TPSA) is 43.4 Å². The highest BCUT2D eigenvalue weighted by molar-refractivity contribution is 8.05. The van der Waals surface area contributed by atoms with Crippen LogP contribution < -0.4 is 0 Å². The summed E-state index contributed by atoms with van der Waals surface area (Å²) in [7, 11) is -1.02. The molecule has 0 saturated carbocycles. The molecular weight excluding hydrogens is 244 g/mol. The first-order chi connectivity index (χ1) is 7.57. The van der Waals surface area contributed by atoms with Gasteiger partial charge in [-0.3, -0.25) is 4.21 Å². The normalized spacial score (nSPS) is 22.1. The second kappa shape index (κ2) is 6.45. The molecule has 1 atom stereocenters. The van der Waals surface area contributed by atoms with E-state index in [2.05, 4.69) is 0 Å². The van der Waals surface area contributed by atoms with Gasteiger partial charge in [-0.25, -0.2) is 4.79 Å². The molecule has 1 rings (SSSR count). The molecule has 0 bridgehead atoms. The Balaban J connectivity index is 3.06. The van der Waals surface area contributed by atoms with Crippen LogP contribution in [0, 0.1) is 5.92 Å². The van der Waals surface area contributed by atoms with Crippen molar-refractivity contribution < 1.29 is 13.7 Å². The number of carbonyl (C=O) groups is 1. The van der Waals surface area contributed by atoms with Crippen LogP contribution in [-0.4, -0.2) is 28.3 Å². The summed E-state index contributed by atoms with van der Waals surface area (Å²) in [6.07, 6.45) is 0.885. The third-order valence-electron chi connectivity index (χ3n) is 2.17. The van der Waals surface area contributed by atoms with Crippen molar-refractivity contribution in [2.45, 2.75) is 27.2 Å². The quantitative estimate of drug-likeness (QED) is 0.732. The van der Waals surface area contributed by atoms with Crippen molar-refractivity contribution in [2.75, 3.05) is 18.1 Å². The van der Waals surface area contributed by atoms with Gasteiger partial charge in [-0.15, -0.1) is 11.8 Å². The number of hydrogen-bond acceptors (Lipinski definition) is 4. The molecule has 0 saturated heterocycles. The van der Waals surface area contributed by atoms with E-state index in [0.717, 1.165) is 17.1 Å². The molecule has 0 fully saturated rings. The van der Waals surface area contributed by atoms with E-state index in [-0.39, 0.29) is 11.9 Å². The smallest absolute Gasteiger partial charge is 0.345 e. The van der Waals surface area contributed by atoms with Crippen molar-refractivity contribution in [1.82, 2.24) is 0 Å². The van der Waals surface area contributed by atoms with Crippen molar-refractivity contribution >= 4 is 28.5 Å². The van der Waals surface area contributed by atoms with E-state index >= 15 is 0 Å². The first kappa shape index (κ1) is 13.8. The third kappa shape index (κ3) is 3.35. The highest BCUT2D eigenvalue weighted by atomic mass is 32.2. The van der Waals surface area contributed by atoms with E-state index in [4.69, 9.17) is 4.74 Å². The maximum atomic E-state index is 12.0. The molecule has 5 heteroatoms. The van der Waals surface area contributed by atoms with E-state index in [1.807, 2.05) is 13.8 Å². The van der Waals surface area contributed by atoms with E-state index in [1.54, 1.807) is 6.92 Å². The summed E-state index contributed by atoms with van der Waals surface area (Å²) in [6.45, 7) is 6.09. The van der Waals surface area contributed by atoms with Gasteiger partial charge in [0.05, 0.1) is 17.4 Å². The van der Waals surface area contributed by atoms with Gasteiger partial charge < -0.3 is 4.74 Å². The van der Waals surface area contributed by atoms with Gasteiger partial charge in [0.2, 0.25) is 0 Å². The van der Waals surface area contributed by atoms with Crippen LogP contribution in [0.5, 0.6) is 0 Å². The highest BCUT2D eigenvalue weighted by Gasteiger charge is 2.26. The van der Waals surface area contributed by atoms with Crippen molar-refractivity contribution in [1.29, 1.82) is 0 Å². The average molecular weight is 262 g/mol. The van der Waals surface area contributed by atoms with Gasteiger partial charge >= 0.3 is 5.97 Å². The van der Waals surface area contributed by atoms with Crippen LogP contribution in [0.3, 0.4) is 0 Å². The second-order valence-electron chi connectivity index (χ2n) is 3.82. The van der Waals surface area contributed by atoms with Crippen LogP contribution in [0.1, 0.15) is 27.2 Å². The predicted molar refractivity (Wildman–Crippen MR) is 68.6 cm³/mol. The van der Waals surface area contributed by atoms with Gasteiger partial charge in [-0.05, 0) is 25.0 Å². The molecule has 3 nitrogen and oxygen atoms in total. The fourth-order valence-electron chi connectivity index (χ4n) is 1.53. The number of esters is 1. The molecule has 92 valence electrons. The van der Waals surface area contributed by atoms with Crippen molar-refractivity contribution in [2.24, 2.45) is 5.92 Å². The minimum absolute atomic E-state index is 0.130. The molecule has 0 aromatic carbocycles. The summed E-state index contributed by atoms with van der Waals surface area (Å²) in [5.41, 5.74) is 0. The Kier molecular flexibility index (Phi) is 5.55. The molecule has 0 aromatic rings. The Bertz CT molecular complexity index is 321. The van der Waals surface area contributed by atoms with E-state index in [1.165, 1.54) is 11.8 Å². The van der Waals surface area contributed by atoms with Gasteiger partial charge in [0.15, 0.2) is 0 Å². The Labute approximate surface area is 103 Å². The van der Waals surface area contributed by atoms with Gasteiger partial charge in [0.25, 0.3) is 0 Å². The minimum atomic E-state index is -1.02. The largest absolute Gasteiger partial charge is 0.462 e. The average Bonchev–Trinajstić information content (AvgIpc) is 2.40. The Morgan fingerprint density at radius 2 is 2.25 bits per heavy atom. The molecule has 0 aromatic heterocycles. The molecule has 0 N–H and O–H groups in total. The molecule has 16 heavy (non-hydrogen) atoms. The zero-order valence-electron chi connectivity index (χ0n) is 9.95. The number of carbonyl (C=O) groups excluding carboxylic acids is 1. The van der Waals surface area contributed by atoms with Gasteiger partial charge in [0.1, 0.15) is 4.91 Å². The van der Waals surface area contributed by atoms with Crippen LogP contribution in [0.2, 0.25) is 0 Å². The number of allylic oxidation sites excluding steroid dienone is 1. The number of hydrogen-bond donors (Lipinski definition) is 0. The van der Waals surface area contributed by atoms with E-state index in [0.29, 0.717) is 17.3 Å². The summed E-state index contributed by atoms with van der Waals surface area (Å²) in [6, 6.07) is 0. The van der Waals surface area contributed by atoms with Crippen LogP contribution in [0.15, 0.2) is 9.81 Å². The predicted octanol–water partition coefficient (Wildman–Crippen LogP) is 2.30. The summed E-state index contributed by atoms with van der Waals surface area (Å²) >= 11 is 1.48. The molecular formula is C11H18O3S2. The molecule has 0 aliphatic carbocycles. The molecule has 1 heterocycles. The standard InChI is InChI=1S/C11H18O3S2/c1-4-14-11(12)9-10(8(2)3)16(13)7-5-6-15-9/h8H,4-7H2,1-3H3. The van der Waals surface area contributed by atoms with Gasteiger partial charge in [-0.2, -0.15) is 0 Å². The maximum Gasteiger partial charge on any atom is 0.345 e. The number of thioether (sulfide) groups is 1. The monoisotopic (exact) mass is 262 g/mol. The van der Waals surface area contributed by atoms with E-state index < -0.39 is 10.8 Å². The second-order valence-corrected chi connectivity index (χ2v) is 6.46. The molecule has 1 unspecified atom stereocenters. The zero-order valence-corrected chi connectivity index (χ0v) is 11.6. The Hall–Kier alpha value is -0.290. The lowest BCUT2D eigenvalue weighted by Gasteiger charge is -2.13. The lowest BCUT2D eigenvalue weighted by molar-refractivity contribution is -0.137. The third-order valence-corrected chi connectivity index (χ3v) is 5.30. The summed E-state index contributed by atoms with van der Waals surface area (Å²) < 4.78 is 17.0. The van der Waals surface area contributed by atoms with Crippen molar-refractivity contribution in [3.63, 3.8) is 0 Å². The van der Waals surface area contributed by atoms with Crippen molar-refractivity contribution in [3.8, 4) is 0 Å². The summed E-state index contributed by atoms with van der Waals surface area (Å²) in [5.74, 6) is 1.32. The Morgan fingerprint density at radius 1 is 1.56 bits per heavy atom. The van der Waals surface area contributed by atoms with Crippen LogP contribution in [0.25, 0.3) is 0 Å². The SMILES string of the molecule is CCOC(=O)C1=C(C(C)C)S(=O)CCCS1. The van der Waals surface area contributed by atoms with E-state index in [9.17, 15) is 9.00 Å². The lowest BCUT2D eigenvalue weighted by Crippen LogP contribution is -2.13. The van der Waals surface area contributed by atoms with Crippen LogP contribution >= 0.6 is 11.8 Å². The molecule has 0 amide bonds. The molecule has 1 aliphatic rings. The number of rotatable bonds is 3. The highest BCUT2D eigenvalue weighted by Crippen LogP contribution is 2.32. The first-order valence-corrected chi connectivity index (χ1v) is 7.80. The fourth-order valence-corrected chi connectivity index (χ4v) is 4.66. The minimum Gasteiger partial charge on any atom is -0.462 e. The fraction of sp³-hybridized carbons (Fsp3) is 0.727. The number of ether oxygens (including phenoxy) is 1. The van der Waals surface area contributed by atoms with Crippen LogP contribution in [-0.2, 0) is 20.3 Å². The molecule has 0 radical (unpaired) electrons. The van der Waals surface area contributed by atoms with Gasteiger partial charge in [-0.1, -0.05) is 13.8 Å². The summed E-state index contributed by atoms with van der Waals surface area (Å²) in [5, 5.41) is 0. The zero-order chi connectivity index (χ0) is 12.1. The molecule has 1 aliphatic heterocycles. The van der Waals surface area contributed by atoms with Gasteiger partial charge in [0, 0.05) is 10.7 Å².